The summed E-state index contributed by atoms with van der Waals surface area (Å²) < 4.78 is 0. The fourth-order valence-corrected chi connectivity index (χ4v) is 3.06. The molecule has 5 atom stereocenters. The number of aliphatic carboxylic acids is 1. The first-order valence-electron chi connectivity index (χ1n) is 8.28. The zero-order valence-corrected chi connectivity index (χ0v) is 13.8. The van der Waals surface area contributed by atoms with Crippen LogP contribution < -0.4 is 5.32 Å². The third-order valence-corrected chi connectivity index (χ3v) is 4.71. The first-order chi connectivity index (χ1) is 10.4. The Morgan fingerprint density at radius 1 is 1.27 bits per heavy atom. The van der Waals surface area contributed by atoms with E-state index in [9.17, 15) is 19.8 Å². The number of aliphatic hydroxyl groups is 1. The van der Waals surface area contributed by atoms with Crippen LogP contribution in [0.1, 0.15) is 52.9 Å². The zero-order valence-electron chi connectivity index (χ0n) is 13.8. The van der Waals surface area contributed by atoms with Gasteiger partial charge in [-0.05, 0) is 37.5 Å². The zero-order chi connectivity index (χ0) is 16.7. The number of carbonyl (C=O) groups is 2. The third-order valence-electron chi connectivity index (χ3n) is 4.71. The Morgan fingerprint density at radius 3 is 2.50 bits per heavy atom. The summed E-state index contributed by atoms with van der Waals surface area (Å²) in [6.07, 6.45) is 7.04. The van der Waals surface area contributed by atoms with Crippen molar-refractivity contribution in [3.63, 3.8) is 0 Å². The van der Waals surface area contributed by atoms with Crippen molar-refractivity contribution < 1.29 is 19.8 Å². The van der Waals surface area contributed by atoms with Crippen molar-refractivity contribution in [3.05, 3.63) is 12.2 Å². The minimum absolute atomic E-state index is 0.117. The van der Waals surface area contributed by atoms with E-state index in [1.54, 1.807) is 0 Å². The highest BCUT2D eigenvalue weighted by molar-refractivity contribution is 5.85. The SMILES string of the molecule is CCC=CCC1C(O)CCC1C(=O)NC(C(=O)O)C(C)CC. The van der Waals surface area contributed by atoms with Gasteiger partial charge in [-0.3, -0.25) is 4.79 Å². The Balaban J connectivity index is 2.73. The van der Waals surface area contributed by atoms with Gasteiger partial charge in [-0.1, -0.05) is 39.3 Å². The summed E-state index contributed by atoms with van der Waals surface area (Å²) in [7, 11) is 0. The van der Waals surface area contributed by atoms with Crippen LogP contribution in [0.3, 0.4) is 0 Å². The number of hydrogen-bond donors (Lipinski definition) is 3. The lowest BCUT2D eigenvalue weighted by Crippen LogP contribution is -2.48. The lowest BCUT2D eigenvalue weighted by molar-refractivity contribution is -0.144. The van der Waals surface area contributed by atoms with Gasteiger partial charge in [0.15, 0.2) is 0 Å². The van der Waals surface area contributed by atoms with Gasteiger partial charge >= 0.3 is 5.97 Å². The second-order valence-electron chi connectivity index (χ2n) is 6.24. The third kappa shape index (κ3) is 4.83. The molecule has 0 aromatic rings. The van der Waals surface area contributed by atoms with Crippen molar-refractivity contribution in [2.45, 2.75) is 65.0 Å². The van der Waals surface area contributed by atoms with Gasteiger partial charge in [0.05, 0.1) is 6.10 Å². The number of rotatable bonds is 8. The molecular weight excluding hydrogens is 282 g/mol. The summed E-state index contributed by atoms with van der Waals surface area (Å²) >= 11 is 0. The molecule has 5 heteroatoms. The highest BCUT2D eigenvalue weighted by atomic mass is 16.4. The van der Waals surface area contributed by atoms with Gasteiger partial charge < -0.3 is 15.5 Å². The monoisotopic (exact) mass is 311 g/mol. The van der Waals surface area contributed by atoms with E-state index in [0.717, 1.165) is 6.42 Å². The predicted octanol–water partition coefficient (Wildman–Crippen LogP) is 2.35. The molecule has 0 bridgehead atoms. The van der Waals surface area contributed by atoms with Crippen molar-refractivity contribution in [1.29, 1.82) is 0 Å². The summed E-state index contributed by atoms with van der Waals surface area (Å²) in [5.41, 5.74) is 0. The number of carboxylic acids is 1. The normalized spacial score (nSPS) is 27.7. The molecule has 5 nitrogen and oxygen atoms in total. The Bertz CT molecular complexity index is 407. The van der Waals surface area contributed by atoms with E-state index < -0.39 is 18.1 Å². The number of amides is 1. The van der Waals surface area contributed by atoms with E-state index in [1.807, 2.05) is 32.9 Å². The number of carboxylic acid groups (broad SMARTS) is 1. The molecule has 0 aliphatic heterocycles. The average Bonchev–Trinajstić information content (AvgIpc) is 2.85. The minimum atomic E-state index is -0.997. The lowest BCUT2D eigenvalue weighted by atomic mass is 9.89. The summed E-state index contributed by atoms with van der Waals surface area (Å²) in [5, 5.41) is 22.0. The number of hydrogen-bond acceptors (Lipinski definition) is 3. The highest BCUT2D eigenvalue weighted by Crippen LogP contribution is 2.35. The maximum atomic E-state index is 12.5. The standard InChI is InChI=1S/C17H29NO4/c1-4-6-7-8-12-13(9-10-14(12)19)16(20)18-15(17(21)22)11(3)5-2/h6-7,11-15,19H,4-5,8-10H2,1-3H3,(H,18,20)(H,21,22). The number of aliphatic hydroxyl groups excluding tert-OH is 1. The summed E-state index contributed by atoms with van der Waals surface area (Å²) in [6, 6.07) is -0.859. The fourth-order valence-electron chi connectivity index (χ4n) is 3.06. The van der Waals surface area contributed by atoms with Gasteiger partial charge in [0.2, 0.25) is 5.91 Å². The fraction of sp³-hybridized carbons (Fsp3) is 0.765. The van der Waals surface area contributed by atoms with Crippen LogP contribution in [-0.4, -0.2) is 34.2 Å². The minimum Gasteiger partial charge on any atom is -0.480 e. The molecule has 0 heterocycles. The van der Waals surface area contributed by atoms with Crippen LogP contribution in [0.2, 0.25) is 0 Å². The Hall–Kier alpha value is -1.36. The molecule has 0 aromatic heterocycles. The van der Waals surface area contributed by atoms with E-state index in [0.29, 0.717) is 25.7 Å². The maximum absolute atomic E-state index is 12.5. The van der Waals surface area contributed by atoms with Gasteiger partial charge in [0, 0.05) is 5.92 Å². The van der Waals surface area contributed by atoms with Crippen molar-refractivity contribution in [2.24, 2.45) is 17.8 Å². The van der Waals surface area contributed by atoms with Gasteiger partial charge in [-0.2, -0.15) is 0 Å². The second-order valence-corrected chi connectivity index (χ2v) is 6.24. The molecule has 1 rings (SSSR count). The van der Waals surface area contributed by atoms with Crippen molar-refractivity contribution >= 4 is 11.9 Å². The predicted molar refractivity (Wildman–Crippen MR) is 85.3 cm³/mol. The molecule has 0 radical (unpaired) electrons. The second kappa shape index (κ2) is 8.93. The van der Waals surface area contributed by atoms with E-state index in [2.05, 4.69) is 5.32 Å². The van der Waals surface area contributed by atoms with E-state index >= 15 is 0 Å². The molecule has 1 saturated carbocycles. The van der Waals surface area contributed by atoms with E-state index in [4.69, 9.17) is 0 Å². The van der Waals surface area contributed by atoms with Gasteiger partial charge in [0.25, 0.3) is 0 Å². The van der Waals surface area contributed by atoms with Crippen LogP contribution in [-0.2, 0) is 9.59 Å². The van der Waals surface area contributed by atoms with Crippen LogP contribution in [0.4, 0.5) is 0 Å². The maximum Gasteiger partial charge on any atom is 0.326 e. The topological polar surface area (TPSA) is 86.6 Å². The summed E-state index contributed by atoms with van der Waals surface area (Å²) in [6.45, 7) is 5.77. The summed E-state index contributed by atoms with van der Waals surface area (Å²) in [4.78, 5) is 23.8. The molecule has 1 aliphatic carbocycles. The highest BCUT2D eigenvalue weighted by Gasteiger charge is 2.40. The number of nitrogens with one attached hydrogen (secondary N) is 1. The molecule has 5 unspecified atom stereocenters. The van der Waals surface area contributed by atoms with E-state index in [1.165, 1.54) is 0 Å². The van der Waals surface area contributed by atoms with Crippen LogP contribution >= 0.6 is 0 Å². The average molecular weight is 311 g/mol. The molecule has 1 fully saturated rings. The van der Waals surface area contributed by atoms with E-state index in [-0.39, 0.29) is 23.7 Å². The first-order valence-corrected chi connectivity index (χ1v) is 8.28. The molecule has 0 aromatic carbocycles. The Morgan fingerprint density at radius 2 is 1.95 bits per heavy atom. The first kappa shape index (κ1) is 18.7. The molecular formula is C17H29NO4. The van der Waals surface area contributed by atoms with Crippen LogP contribution in [0.5, 0.6) is 0 Å². The molecule has 1 aliphatic rings. The molecule has 0 saturated heterocycles. The number of allylic oxidation sites excluding steroid dienone is 2. The summed E-state index contributed by atoms with van der Waals surface area (Å²) in [5.74, 6) is -1.77. The molecule has 126 valence electrons. The van der Waals surface area contributed by atoms with Gasteiger partial charge in [-0.25, -0.2) is 4.79 Å². The molecule has 3 N–H and O–H groups in total. The molecule has 22 heavy (non-hydrogen) atoms. The molecule has 0 spiro atoms. The van der Waals surface area contributed by atoms with Crippen molar-refractivity contribution in [1.82, 2.24) is 5.32 Å². The lowest BCUT2D eigenvalue weighted by Gasteiger charge is -2.25. The quantitative estimate of drug-likeness (QED) is 0.601. The van der Waals surface area contributed by atoms with Crippen molar-refractivity contribution in [2.75, 3.05) is 0 Å². The van der Waals surface area contributed by atoms with Crippen LogP contribution in [0.25, 0.3) is 0 Å². The van der Waals surface area contributed by atoms with Crippen molar-refractivity contribution in [3.8, 4) is 0 Å². The largest absolute Gasteiger partial charge is 0.480 e. The van der Waals surface area contributed by atoms with Crippen LogP contribution in [0, 0.1) is 17.8 Å². The van der Waals surface area contributed by atoms with Gasteiger partial charge in [-0.15, -0.1) is 0 Å². The van der Waals surface area contributed by atoms with Crippen LogP contribution in [0.15, 0.2) is 12.2 Å². The molecule has 1 amide bonds. The Labute approximate surface area is 132 Å². The number of carbonyl (C=O) groups excluding carboxylic acids is 1. The van der Waals surface area contributed by atoms with Gasteiger partial charge in [0.1, 0.15) is 6.04 Å². The Kier molecular flexibility index (Phi) is 7.59. The smallest absolute Gasteiger partial charge is 0.326 e.